The molecular formula is C14H23I. The smallest absolute Gasteiger partial charge is 0.0166 e. The van der Waals surface area contributed by atoms with E-state index in [2.05, 4.69) is 22.6 Å². The first-order chi connectivity index (χ1) is 7.34. The van der Waals surface area contributed by atoms with Crippen LogP contribution in [0.4, 0.5) is 0 Å². The molecule has 0 heterocycles. The molecule has 4 saturated carbocycles. The van der Waals surface area contributed by atoms with E-state index in [1.54, 1.807) is 51.4 Å². The Morgan fingerprint density at radius 2 is 0.933 bits per heavy atom. The SMILES string of the molecule is IC1C2CCCC(CC2)C2CCC1CC2. The van der Waals surface area contributed by atoms with E-state index in [9.17, 15) is 0 Å². The highest BCUT2D eigenvalue weighted by Crippen LogP contribution is 2.48. The van der Waals surface area contributed by atoms with Crippen molar-refractivity contribution in [2.24, 2.45) is 23.7 Å². The highest BCUT2D eigenvalue weighted by molar-refractivity contribution is 14.1. The Balaban J connectivity index is 1.86. The zero-order valence-corrected chi connectivity index (χ0v) is 11.8. The second kappa shape index (κ2) is 4.54. The fraction of sp³-hybridized carbons (Fsp3) is 1.00. The Bertz CT molecular complexity index is 211. The third kappa shape index (κ3) is 2.10. The summed E-state index contributed by atoms with van der Waals surface area (Å²) in [6, 6.07) is 0. The quantitative estimate of drug-likeness (QED) is 0.444. The molecule has 4 bridgehead atoms. The molecule has 0 aromatic heterocycles. The molecule has 15 heavy (non-hydrogen) atoms. The van der Waals surface area contributed by atoms with Crippen molar-refractivity contribution in [3.63, 3.8) is 0 Å². The second-order valence-electron chi connectivity index (χ2n) is 6.15. The Morgan fingerprint density at radius 1 is 0.533 bits per heavy atom. The molecule has 0 aliphatic heterocycles. The van der Waals surface area contributed by atoms with Crippen LogP contribution in [0.3, 0.4) is 0 Å². The number of hydrogen-bond acceptors (Lipinski definition) is 0. The van der Waals surface area contributed by atoms with E-state index in [1.807, 2.05) is 0 Å². The molecule has 0 aromatic carbocycles. The molecular weight excluding hydrogens is 295 g/mol. The zero-order valence-electron chi connectivity index (χ0n) is 9.63. The molecule has 4 fully saturated rings. The number of rotatable bonds is 0. The maximum atomic E-state index is 2.81. The van der Waals surface area contributed by atoms with Crippen LogP contribution in [0.15, 0.2) is 0 Å². The summed E-state index contributed by atoms with van der Waals surface area (Å²) < 4.78 is 1.01. The summed E-state index contributed by atoms with van der Waals surface area (Å²) in [5.74, 6) is 4.42. The van der Waals surface area contributed by atoms with Gasteiger partial charge < -0.3 is 0 Å². The second-order valence-corrected chi connectivity index (χ2v) is 7.59. The molecule has 0 spiro atoms. The molecule has 0 amide bonds. The van der Waals surface area contributed by atoms with Crippen molar-refractivity contribution in [1.29, 1.82) is 0 Å². The lowest BCUT2D eigenvalue weighted by Gasteiger charge is -2.36. The third-order valence-electron chi connectivity index (χ3n) is 5.44. The Labute approximate surface area is 108 Å². The third-order valence-corrected chi connectivity index (χ3v) is 7.48. The number of halogens is 1. The van der Waals surface area contributed by atoms with E-state index in [-0.39, 0.29) is 0 Å². The lowest BCUT2D eigenvalue weighted by molar-refractivity contribution is 0.190. The first-order valence-electron chi connectivity index (χ1n) is 6.98. The fourth-order valence-electron chi connectivity index (χ4n) is 4.47. The molecule has 0 N–H and O–H groups in total. The summed E-state index contributed by atoms with van der Waals surface area (Å²) in [5, 5.41) is 0. The van der Waals surface area contributed by atoms with Gasteiger partial charge >= 0.3 is 0 Å². The number of alkyl halides is 1. The Kier molecular flexibility index (Phi) is 3.29. The van der Waals surface area contributed by atoms with Crippen LogP contribution in [-0.4, -0.2) is 3.92 Å². The van der Waals surface area contributed by atoms with Crippen LogP contribution < -0.4 is 0 Å². The van der Waals surface area contributed by atoms with Crippen molar-refractivity contribution in [2.75, 3.05) is 0 Å². The molecule has 4 aliphatic rings. The van der Waals surface area contributed by atoms with E-state index in [1.165, 1.54) is 6.42 Å². The van der Waals surface area contributed by atoms with Gasteiger partial charge in [0.05, 0.1) is 0 Å². The molecule has 1 heteroatoms. The van der Waals surface area contributed by atoms with Crippen molar-refractivity contribution in [3.05, 3.63) is 0 Å². The fourth-order valence-corrected chi connectivity index (χ4v) is 5.91. The maximum Gasteiger partial charge on any atom is 0.0166 e. The van der Waals surface area contributed by atoms with Gasteiger partial charge in [0, 0.05) is 3.92 Å². The predicted octanol–water partition coefficient (Wildman–Crippen LogP) is 4.81. The van der Waals surface area contributed by atoms with Gasteiger partial charge in [0.25, 0.3) is 0 Å². The topological polar surface area (TPSA) is 0 Å². The summed E-state index contributed by atoms with van der Waals surface area (Å²) in [5.41, 5.74) is 0. The van der Waals surface area contributed by atoms with Crippen molar-refractivity contribution in [3.8, 4) is 0 Å². The van der Waals surface area contributed by atoms with Crippen LogP contribution in [0.5, 0.6) is 0 Å². The van der Waals surface area contributed by atoms with Crippen LogP contribution in [0.1, 0.15) is 57.8 Å². The molecule has 3 atom stereocenters. The van der Waals surface area contributed by atoms with Gasteiger partial charge in [-0.25, -0.2) is 0 Å². The minimum Gasteiger partial charge on any atom is -0.0820 e. The molecule has 0 aromatic rings. The van der Waals surface area contributed by atoms with Gasteiger partial charge in [0.1, 0.15) is 0 Å². The molecule has 4 rings (SSSR count). The lowest BCUT2D eigenvalue weighted by atomic mass is 9.72. The van der Waals surface area contributed by atoms with Gasteiger partial charge in [-0.2, -0.15) is 0 Å². The van der Waals surface area contributed by atoms with Gasteiger partial charge in [-0.05, 0) is 68.6 Å². The monoisotopic (exact) mass is 318 g/mol. The van der Waals surface area contributed by atoms with Gasteiger partial charge in [-0.15, -0.1) is 0 Å². The van der Waals surface area contributed by atoms with Crippen LogP contribution in [0.25, 0.3) is 0 Å². The number of hydrogen-bond donors (Lipinski definition) is 0. The minimum atomic E-state index is 1.01. The molecule has 0 radical (unpaired) electrons. The Hall–Kier alpha value is 0.730. The summed E-state index contributed by atoms with van der Waals surface area (Å²) >= 11 is 2.81. The van der Waals surface area contributed by atoms with Crippen LogP contribution in [-0.2, 0) is 0 Å². The lowest BCUT2D eigenvalue weighted by Crippen LogP contribution is -2.28. The minimum absolute atomic E-state index is 1.01. The zero-order chi connectivity index (χ0) is 10.3. The normalized spacial score (nSPS) is 50.6. The highest BCUT2D eigenvalue weighted by Gasteiger charge is 2.37. The summed E-state index contributed by atoms with van der Waals surface area (Å²) in [6.45, 7) is 0. The van der Waals surface area contributed by atoms with Crippen LogP contribution in [0, 0.1) is 23.7 Å². The summed E-state index contributed by atoms with van der Waals surface area (Å²) in [4.78, 5) is 0. The van der Waals surface area contributed by atoms with Crippen LogP contribution >= 0.6 is 22.6 Å². The van der Waals surface area contributed by atoms with Gasteiger partial charge in [0.2, 0.25) is 0 Å². The van der Waals surface area contributed by atoms with Gasteiger partial charge in [0.15, 0.2) is 0 Å². The summed E-state index contributed by atoms with van der Waals surface area (Å²) in [6.07, 6.45) is 14.0. The van der Waals surface area contributed by atoms with Crippen molar-refractivity contribution < 1.29 is 0 Å². The number of fused-ring (bicyclic) bond motifs is 2. The van der Waals surface area contributed by atoms with E-state index in [0.717, 1.165) is 27.6 Å². The average Bonchev–Trinajstić information content (AvgIpc) is 2.49. The molecule has 4 aliphatic carbocycles. The maximum absolute atomic E-state index is 2.81. The van der Waals surface area contributed by atoms with Crippen molar-refractivity contribution >= 4 is 22.6 Å². The first-order valence-corrected chi connectivity index (χ1v) is 8.23. The highest BCUT2D eigenvalue weighted by atomic mass is 127. The molecule has 0 nitrogen and oxygen atoms in total. The van der Waals surface area contributed by atoms with Crippen LogP contribution in [0.2, 0.25) is 0 Å². The summed E-state index contributed by atoms with van der Waals surface area (Å²) in [7, 11) is 0. The van der Waals surface area contributed by atoms with E-state index < -0.39 is 0 Å². The molecule has 0 saturated heterocycles. The average molecular weight is 318 g/mol. The predicted molar refractivity (Wildman–Crippen MR) is 73.3 cm³/mol. The standard InChI is InChI=1S/C14H23I/c15-14-12-3-1-2-10(4-7-12)11-5-8-13(14)9-6-11/h10-14H,1-9H2. The van der Waals surface area contributed by atoms with E-state index >= 15 is 0 Å². The Morgan fingerprint density at radius 3 is 1.60 bits per heavy atom. The largest absolute Gasteiger partial charge is 0.0820 e. The van der Waals surface area contributed by atoms with Gasteiger partial charge in [-0.1, -0.05) is 35.4 Å². The molecule has 3 unspecified atom stereocenters. The first kappa shape index (κ1) is 10.9. The van der Waals surface area contributed by atoms with Crippen molar-refractivity contribution in [2.45, 2.75) is 61.7 Å². The van der Waals surface area contributed by atoms with Crippen molar-refractivity contribution in [1.82, 2.24) is 0 Å². The van der Waals surface area contributed by atoms with Gasteiger partial charge in [-0.3, -0.25) is 0 Å². The van der Waals surface area contributed by atoms with E-state index in [0.29, 0.717) is 0 Å². The molecule has 86 valence electrons. The van der Waals surface area contributed by atoms with E-state index in [4.69, 9.17) is 0 Å².